The summed E-state index contributed by atoms with van der Waals surface area (Å²) in [7, 11) is 0. The Balaban J connectivity index is 1.75. The molecular weight excluding hydrogens is 270 g/mol. The molecule has 21 heavy (non-hydrogen) atoms. The first kappa shape index (κ1) is 18.1. The zero-order valence-electron chi connectivity index (χ0n) is 12.6. The van der Waals surface area contributed by atoms with Gasteiger partial charge in [-0.1, -0.05) is 30.3 Å². The Bertz CT molecular complexity index is 321. The zero-order chi connectivity index (χ0) is 15.0. The van der Waals surface area contributed by atoms with Crippen LogP contribution in [0, 0.1) is 0 Å². The summed E-state index contributed by atoms with van der Waals surface area (Å²) in [6.45, 7) is 5.43. The van der Waals surface area contributed by atoms with Crippen LogP contribution in [-0.2, 0) is 20.8 Å². The Hall–Kier alpha value is -0.980. The van der Waals surface area contributed by atoms with Crippen molar-refractivity contribution in [1.29, 1.82) is 0 Å². The third-order valence-corrected chi connectivity index (χ3v) is 2.78. The third kappa shape index (κ3) is 11.4. The lowest BCUT2D eigenvalue weighted by atomic mass is 10.2. The Morgan fingerprint density at radius 1 is 0.810 bits per heavy atom. The van der Waals surface area contributed by atoms with Gasteiger partial charge in [0.1, 0.15) is 0 Å². The predicted octanol–water partition coefficient (Wildman–Crippen LogP) is 1.21. The van der Waals surface area contributed by atoms with Crippen molar-refractivity contribution in [3.8, 4) is 0 Å². The van der Waals surface area contributed by atoms with Crippen molar-refractivity contribution in [3.05, 3.63) is 35.9 Å². The van der Waals surface area contributed by atoms with Crippen LogP contribution in [0.5, 0.6) is 0 Å². The molecule has 0 aromatic heterocycles. The quantitative estimate of drug-likeness (QED) is 0.505. The molecule has 0 saturated heterocycles. The van der Waals surface area contributed by atoms with Crippen molar-refractivity contribution in [2.75, 3.05) is 52.7 Å². The summed E-state index contributed by atoms with van der Waals surface area (Å²) in [5.41, 5.74) is 1.21. The molecule has 0 bridgehead atoms. The van der Waals surface area contributed by atoms with Crippen LogP contribution in [0.4, 0.5) is 0 Å². The van der Waals surface area contributed by atoms with Gasteiger partial charge >= 0.3 is 0 Å². The molecule has 2 N–H and O–H groups in total. The van der Waals surface area contributed by atoms with Gasteiger partial charge < -0.3 is 24.6 Å². The number of benzene rings is 1. The molecule has 1 aromatic rings. The first-order valence-corrected chi connectivity index (χ1v) is 7.52. The summed E-state index contributed by atoms with van der Waals surface area (Å²) in [6, 6.07) is 10.2. The summed E-state index contributed by atoms with van der Waals surface area (Å²) in [5.74, 6) is 0. The first-order valence-electron chi connectivity index (χ1n) is 7.52. The van der Waals surface area contributed by atoms with Crippen LogP contribution in [0.15, 0.2) is 30.3 Å². The van der Waals surface area contributed by atoms with Gasteiger partial charge in [-0.15, -0.1) is 0 Å². The van der Waals surface area contributed by atoms with Gasteiger partial charge in [0, 0.05) is 13.2 Å². The molecule has 120 valence electrons. The number of rotatable bonds is 14. The highest BCUT2D eigenvalue weighted by molar-refractivity contribution is 5.13. The van der Waals surface area contributed by atoms with Gasteiger partial charge in [0.25, 0.3) is 0 Å². The summed E-state index contributed by atoms with van der Waals surface area (Å²) in [6.07, 6.45) is 0.993. The molecule has 0 atom stereocenters. The maximum Gasteiger partial charge on any atom is 0.0716 e. The van der Waals surface area contributed by atoms with Crippen molar-refractivity contribution in [2.24, 2.45) is 0 Å². The molecular formula is C16H27NO4. The SMILES string of the molecule is OCCOCCOCCNCCCOCc1ccccc1. The number of hydrogen-bond acceptors (Lipinski definition) is 5. The Morgan fingerprint density at radius 2 is 1.57 bits per heavy atom. The van der Waals surface area contributed by atoms with Crippen molar-refractivity contribution in [1.82, 2.24) is 5.32 Å². The van der Waals surface area contributed by atoms with Gasteiger partial charge in [-0.2, -0.15) is 0 Å². The minimum atomic E-state index is 0.0634. The average molecular weight is 297 g/mol. The van der Waals surface area contributed by atoms with Crippen LogP contribution in [0.1, 0.15) is 12.0 Å². The normalized spacial score (nSPS) is 10.9. The molecule has 0 radical (unpaired) electrons. The second-order valence-electron chi connectivity index (χ2n) is 4.59. The predicted molar refractivity (Wildman–Crippen MR) is 82.3 cm³/mol. The lowest BCUT2D eigenvalue weighted by Crippen LogP contribution is -2.22. The third-order valence-electron chi connectivity index (χ3n) is 2.78. The van der Waals surface area contributed by atoms with Crippen LogP contribution in [0.2, 0.25) is 0 Å². The molecule has 1 aromatic carbocycles. The van der Waals surface area contributed by atoms with Crippen molar-refractivity contribution < 1.29 is 19.3 Å². The van der Waals surface area contributed by atoms with E-state index in [4.69, 9.17) is 19.3 Å². The van der Waals surface area contributed by atoms with Gasteiger partial charge in [0.2, 0.25) is 0 Å². The molecule has 0 unspecified atom stereocenters. The minimum Gasteiger partial charge on any atom is -0.394 e. The smallest absolute Gasteiger partial charge is 0.0716 e. The highest BCUT2D eigenvalue weighted by Gasteiger charge is 1.93. The van der Waals surface area contributed by atoms with Crippen molar-refractivity contribution in [3.63, 3.8) is 0 Å². The van der Waals surface area contributed by atoms with Gasteiger partial charge in [-0.05, 0) is 18.5 Å². The van der Waals surface area contributed by atoms with Crippen molar-refractivity contribution >= 4 is 0 Å². The van der Waals surface area contributed by atoms with E-state index in [9.17, 15) is 0 Å². The zero-order valence-corrected chi connectivity index (χ0v) is 12.6. The van der Waals surface area contributed by atoms with Gasteiger partial charge in [-0.25, -0.2) is 0 Å². The number of nitrogens with one attached hydrogen (secondary N) is 1. The highest BCUT2D eigenvalue weighted by Crippen LogP contribution is 2.00. The van der Waals surface area contributed by atoms with Crippen LogP contribution in [0.25, 0.3) is 0 Å². The summed E-state index contributed by atoms with van der Waals surface area (Å²) in [5, 5.41) is 11.8. The molecule has 0 heterocycles. The van der Waals surface area contributed by atoms with E-state index in [1.165, 1.54) is 5.56 Å². The van der Waals surface area contributed by atoms with E-state index in [1.54, 1.807) is 0 Å². The number of aliphatic hydroxyl groups is 1. The second kappa shape index (κ2) is 14.0. The van der Waals surface area contributed by atoms with E-state index in [0.717, 1.165) is 26.1 Å². The average Bonchev–Trinajstić information content (AvgIpc) is 2.53. The molecule has 0 aliphatic carbocycles. The lowest BCUT2D eigenvalue weighted by molar-refractivity contribution is 0.0339. The molecule has 0 spiro atoms. The topological polar surface area (TPSA) is 60.0 Å². The van der Waals surface area contributed by atoms with E-state index in [-0.39, 0.29) is 6.61 Å². The Kier molecular flexibility index (Phi) is 12.0. The molecule has 0 aliphatic heterocycles. The van der Waals surface area contributed by atoms with Crippen LogP contribution >= 0.6 is 0 Å². The fourth-order valence-electron chi connectivity index (χ4n) is 1.72. The summed E-state index contributed by atoms with van der Waals surface area (Å²) in [4.78, 5) is 0. The maximum atomic E-state index is 8.51. The van der Waals surface area contributed by atoms with Crippen LogP contribution < -0.4 is 5.32 Å². The molecule has 5 heteroatoms. The van der Waals surface area contributed by atoms with Gasteiger partial charge in [0.15, 0.2) is 0 Å². The minimum absolute atomic E-state index is 0.0634. The molecule has 1 rings (SSSR count). The molecule has 0 saturated carbocycles. The van der Waals surface area contributed by atoms with Crippen molar-refractivity contribution in [2.45, 2.75) is 13.0 Å². The standard InChI is InChI=1S/C16H27NO4/c18-9-12-20-14-13-19-11-8-17-7-4-10-21-15-16-5-2-1-3-6-16/h1-3,5-6,17-18H,4,7-15H2. The summed E-state index contributed by atoms with van der Waals surface area (Å²) < 4.78 is 16.0. The molecule has 0 fully saturated rings. The second-order valence-corrected chi connectivity index (χ2v) is 4.59. The Morgan fingerprint density at radius 3 is 2.33 bits per heavy atom. The number of hydrogen-bond donors (Lipinski definition) is 2. The van der Waals surface area contributed by atoms with Crippen LogP contribution in [0.3, 0.4) is 0 Å². The van der Waals surface area contributed by atoms with E-state index in [2.05, 4.69) is 17.4 Å². The molecule has 0 amide bonds. The fraction of sp³-hybridized carbons (Fsp3) is 0.625. The summed E-state index contributed by atoms with van der Waals surface area (Å²) >= 11 is 0. The largest absolute Gasteiger partial charge is 0.394 e. The fourth-order valence-corrected chi connectivity index (χ4v) is 1.72. The van der Waals surface area contributed by atoms with Gasteiger partial charge in [-0.3, -0.25) is 0 Å². The van der Waals surface area contributed by atoms with E-state index in [0.29, 0.717) is 33.0 Å². The Labute approximate surface area is 127 Å². The number of aliphatic hydroxyl groups excluding tert-OH is 1. The molecule has 0 aliphatic rings. The lowest BCUT2D eigenvalue weighted by Gasteiger charge is -2.07. The maximum absolute atomic E-state index is 8.51. The highest BCUT2D eigenvalue weighted by atomic mass is 16.5. The van der Waals surface area contributed by atoms with Crippen LogP contribution in [-0.4, -0.2) is 57.8 Å². The van der Waals surface area contributed by atoms with E-state index in [1.807, 2.05) is 18.2 Å². The first-order chi connectivity index (χ1) is 10.4. The molecule has 5 nitrogen and oxygen atoms in total. The van der Waals surface area contributed by atoms with E-state index >= 15 is 0 Å². The monoisotopic (exact) mass is 297 g/mol. The number of ether oxygens (including phenoxy) is 3. The van der Waals surface area contributed by atoms with E-state index < -0.39 is 0 Å². The van der Waals surface area contributed by atoms with Gasteiger partial charge in [0.05, 0.1) is 39.6 Å².